The Balaban J connectivity index is 2.17. The van der Waals surface area contributed by atoms with Gasteiger partial charge in [0.1, 0.15) is 5.75 Å². The highest BCUT2D eigenvalue weighted by molar-refractivity contribution is 9.10. The smallest absolute Gasteiger partial charge is 0.118 e. The lowest BCUT2D eigenvalue weighted by Crippen LogP contribution is -1.89. The fourth-order valence-corrected chi connectivity index (χ4v) is 4.00. The summed E-state index contributed by atoms with van der Waals surface area (Å²) in [6, 6.07) is 23.5. The number of hydrogen-bond donors (Lipinski definition) is 0. The number of rotatable bonds is 2. The van der Waals surface area contributed by atoms with Crippen LogP contribution in [0.2, 0.25) is 0 Å². The van der Waals surface area contributed by atoms with Gasteiger partial charge >= 0.3 is 0 Å². The molecule has 0 saturated carbocycles. The minimum absolute atomic E-state index is 0.876. The largest absolute Gasteiger partial charge is 0.497 e. The first kappa shape index (κ1) is 15.2. The third-order valence-corrected chi connectivity index (χ3v) is 5.35. The third-order valence-electron chi connectivity index (χ3n) is 4.49. The molecule has 0 N–H and O–H groups in total. The third kappa shape index (κ3) is 2.38. The van der Waals surface area contributed by atoms with E-state index in [2.05, 4.69) is 77.5 Å². The Bertz CT molecular complexity index is 1050. The van der Waals surface area contributed by atoms with E-state index in [4.69, 9.17) is 4.74 Å². The molecule has 0 heterocycles. The predicted molar refractivity (Wildman–Crippen MR) is 106 cm³/mol. The van der Waals surface area contributed by atoms with Crippen molar-refractivity contribution in [1.82, 2.24) is 0 Å². The first-order valence-corrected chi connectivity index (χ1v) is 8.73. The summed E-state index contributed by atoms with van der Waals surface area (Å²) in [7, 11) is 1.70. The van der Waals surface area contributed by atoms with Crippen molar-refractivity contribution in [3.8, 4) is 16.9 Å². The average molecular weight is 377 g/mol. The second kappa shape index (κ2) is 5.95. The number of aryl methyl sites for hydroxylation is 1. The predicted octanol–water partition coefficient (Wildman–Crippen LogP) is 6.74. The minimum Gasteiger partial charge on any atom is -0.497 e. The molecule has 0 fully saturated rings. The van der Waals surface area contributed by atoms with Crippen LogP contribution in [0.25, 0.3) is 32.7 Å². The van der Waals surface area contributed by atoms with Crippen LogP contribution in [-0.4, -0.2) is 7.11 Å². The zero-order chi connectivity index (χ0) is 16.7. The molecule has 0 radical (unpaired) electrons. The summed E-state index contributed by atoms with van der Waals surface area (Å²) in [6.07, 6.45) is 0. The molecule has 0 aliphatic rings. The maximum absolute atomic E-state index is 5.31. The normalized spacial score (nSPS) is 11.1. The number of fused-ring (bicyclic) bond motifs is 2. The van der Waals surface area contributed by atoms with Gasteiger partial charge in [-0.25, -0.2) is 0 Å². The number of halogens is 1. The van der Waals surface area contributed by atoms with Crippen LogP contribution in [-0.2, 0) is 0 Å². The second-order valence-corrected chi connectivity index (χ2v) is 6.81. The van der Waals surface area contributed by atoms with Gasteiger partial charge in [-0.3, -0.25) is 0 Å². The van der Waals surface area contributed by atoms with Crippen LogP contribution < -0.4 is 4.74 Å². The van der Waals surface area contributed by atoms with Crippen LogP contribution >= 0.6 is 15.9 Å². The van der Waals surface area contributed by atoms with Crippen molar-refractivity contribution in [2.24, 2.45) is 0 Å². The van der Waals surface area contributed by atoms with Crippen molar-refractivity contribution < 1.29 is 4.74 Å². The maximum atomic E-state index is 5.31. The summed E-state index contributed by atoms with van der Waals surface area (Å²) in [4.78, 5) is 0. The van der Waals surface area contributed by atoms with Crippen molar-refractivity contribution in [3.05, 3.63) is 76.8 Å². The SMILES string of the molecule is COc1ccc(-c2c3ccccc3c(Br)c3ccc(C)cc23)cc1. The highest BCUT2D eigenvalue weighted by Gasteiger charge is 2.14. The summed E-state index contributed by atoms with van der Waals surface area (Å²) in [6.45, 7) is 2.14. The van der Waals surface area contributed by atoms with Crippen molar-refractivity contribution in [3.63, 3.8) is 0 Å². The molecular formula is C22H17BrO. The molecule has 4 aromatic carbocycles. The number of ether oxygens (including phenoxy) is 1. The Morgan fingerprint density at radius 2 is 1.42 bits per heavy atom. The fourth-order valence-electron chi connectivity index (χ4n) is 3.31. The summed E-state index contributed by atoms with van der Waals surface area (Å²) in [5.74, 6) is 0.876. The molecule has 0 amide bonds. The standard InChI is InChI=1S/C22H17BrO/c1-14-7-12-19-20(13-14)21(15-8-10-16(24-2)11-9-15)17-5-3-4-6-18(17)22(19)23/h3-13H,1-2H3. The Labute approximate surface area is 150 Å². The first-order valence-electron chi connectivity index (χ1n) is 7.94. The van der Waals surface area contributed by atoms with Crippen LogP contribution in [0.5, 0.6) is 5.75 Å². The van der Waals surface area contributed by atoms with E-state index in [1.54, 1.807) is 7.11 Å². The van der Waals surface area contributed by atoms with Crippen molar-refractivity contribution in [2.75, 3.05) is 7.11 Å². The maximum Gasteiger partial charge on any atom is 0.118 e. The summed E-state index contributed by atoms with van der Waals surface area (Å²) >= 11 is 3.82. The molecule has 4 aromatic rings. The second-order valence-electron chi connectivity index (χ2n) is 6.01. The number of hydrogen-bond acceptors (Lipinski definition) is 1. The summed E-state index contributed by atoms with van der Waals surface area (Å²) in [5.41, 5.74) is 3.74. The van der Waals surface area contributed by atoms with Gasteiger partial charge in [0.05, 0.1) is 7.11 Å². The van der Waals surface area contributed by atoms with Crippen LogP contribution in [0.15, 0.2) is 71.2 Å². The van der Waals surface area contributed by atoms with Crippen LogP contribution in [0, 0.1) is 6.92 Å². The Kier molecular flexibility index (Phi) is 3.78. The van der Waals surface area contributed by atoms with Gasteiger partial charge in [-0.1, -0.05) is 60.2 Å². The molecule has 4 rings (SSSR count). The van der Waals surface area contributed by atoms with Gasteiger partial charge in [-0.15, -0.1) is 0 Å². The fraction of sp³-hybridized carbons (Fsp3) is 0.0909. The summed E-state index contributed by atoms with van der Waals surface area (Å²) in [5, 5.41) is 5.00. The van der Waals surface area contributed by atoms with E-state index in [-0.39, 0.29) is 0 Å². The van der Waals surface area contributed by atoms with Gasteiger partial charge in [0.2, 0.25) is 0 Å². The molecule has 1 nitrogen and oxygen atoms in total. The lowest BCUT2D eigenvalue weighted by atomic mass is 9.91. The Hall–Kier alpha value is -2.32. The van der Waals surface area contributed by atoms with Gasteiger partial charge in [0.25, 0.3) is 0 Å². The molecule has 0 unspecified atom stereocenters. The molecule has 118 valence electrons. The number of methoxy groups -OCH3 is 1. The van der Waals surface area contributed by atoms with E-state index in [9.17, 15) is 0 Å². The Morgan fingerprint density at radius 3 is 2.12 bits per heavy atom. The molecule has 0 aliphatic carbocycles. The molecular weight excluding hydrogens is 360 g/mol. The molecule has 24 heavy (non-hydrogen) atoms. The lowest BCUT2D eigenvalue weighted by molar-refractivity contribution is 0.415. The van der Waals surface area contributed by atoms with E-state index in [1.807, 2.05) is 12.1 Å². The van der Waals surface area contributed by atoms with Crippen molar-refractivity contribution in [2.45, 2.75) is 6.92 Å². The topological polar surface area (TPSA) is 9.23 Å². The van der Waals surface area contributed by atoms with Crippen LogP contribution in [0.1, 0.15) is 5.56 Å². The van der Waals surface area contributed by atoms with Gasteiger partial charge in [0, 0.05) is 4.47 Å². The first-order chi connectivity index (χ1) is 11.7. The van der Waals surface area contributed by atoms with Gasteiger partial charge in [-0.05, 0) is 67.7 Å². The van der Waals surface area contributed by atoms with Crippen molar-refractivity contribution >= 4 is 37.5 Å². The highest BCUT2D eigenvalue weighted by Crippen LogP contribution is 2.42. The minimum atomic E-state index is 0.876. The quantitative estimate of drug-likeness (QED) is 0.352. The lowest BCUT2D eigenvalue weighted by Gasteiger charge is -2.15. The zero-order valence-electron chi connectivity index (χ0n) is 13.6. The summed E-state index contributed by atoms with van der Waals surface area (Å²) < 4.78 is 6.47. The molecule has 2 heteroatoms. The highest BCUT2D eigenvalue weighted by atomic mass is 79.9. The molecule has 0 saturated heterocycles. The zero-order valence-corrected chi connectivity index (χ0v) is 15.2. The van der Waals surface area contributed by atoms with Gasteiger partial charge < -0.3 is 4.74 Å². The van der Waals surface area contributed by atoms with E-state index in [0.717, 1.165) is 10.2 Å². The van der Waals surface area contributed by atoms with E-state index in [1.165, 1.54) is 38.2 Å². The molecule has 0 aliphatic heterocycles. The van der Waals surface area contributed by atoms with Crippen LogP contribution in [0.3, 0.4) is 0 Å². The average Bonchev–Trinajstić information content (AvgIpc) is 2.62. The van der Waals surface area contributed by atoms with E-state index >= 15 is 0 Å². The van der Waals surface area contributed by atoms with Gasteiger partial charge in [-0.2, -0.15) is 0 Å². The molecule has 0 atom stereocenters. The number of benzene rings is 4. The Morgan fingerprint density at radius 1 is 0.750 bits per heavy atom. The van der Waals surface area contributed by atoms with Gasteiger partial charge in [0.15, 0.2) is 0 Å². The molecule has 0 bridgehead atoms. The molecule has 0 spiro atoms. The van der Waals surface area contributed by atoms with Crippen molar-refractivity contribution in [1.29, 1.82) is 0 Å². The monoisotopic (exact) mass is 376 g/mol. The molecule has 0 aromatic heterocycles. The van der Waals surface area contributed by atoms with E-state index < -0.39 is 0 Å². The van der Waals surface area contributed by atoms with Crippen LogP contribution in [0.4, 0.5) is 0 Å². The van der Waals surface area contributed by atoms with E-state index in [0.29, 0.717) is 0 Å².